The maximum atomic E-state index is 11.0. The van der Waals surface area contributed by atoms with Gasteiger partial charge in [-0.25, -0.2) is 4.79 Å². The molecule has 1 rings (SSSR count). The van der Waals surface area contributed by atoms with E-state index in [4.69, 9.17) is 9.84 Å². The minimum atomic E-state index is -0.981. The van der Waals surface area contributed by atoms with Crippen molar-refractivity contribution in [2.24, 2.45) is 0 Å². The maximum Gasteiger partial charge on any atom is 0.339 e. The summed E-state index contributed by atoms with van der Waals surface area (Å²) in [4.78, 5) is 11.0. The number of hydrogen-bond acceptors (Lipinski definition) is 2. The number of benzene rings is 1. The van der Waals surface area contributed by atoms with E-state index in [1.165, 1.54) is 13.4 Å². The molecule has 0 heterocycles. The van der Waals surface area contributed by atoms with Crippen molar-refractivity contribution in [3.05, 3.63) is 41.2 Å². The van der Waals surface area contributed by atoms with Gasteiger partial charge in [0.2, 0.25) is 0 Å². The van der Waals surface area contributed by atoms with Gasteiger partial charge in [0.05, 0.1) is 13.4 Å². The van der Waals surface area contributed by atoms with Gasteiger partial charge in [0, 0.05) is 0 Å². The molecule has 0 bridgehead atoms. The van der Waals surface area contributed by atoms with E-state index in [0.717, 1.165) is 11.1 Å². The molecule has 0 saturated carbocycles. The lowest BCUT2D eigenvalue weighted by atomic mass is 9.99. The molecule has 0 aliphatic rings. The zero-order valence-corrected chi connectivity index (χ0v) is 9.07. The summed E-state index contributed by atoms with van der Waals surface area (Å²) in [6.45, 7) is 3.80. The van der Waals surface area contributed by atoms with Crippen LogP contribution in [0.5, 0.6) is 0 Å². The van der Waals surface area contributed by atoms with Crippen molar-refractivity contribution in [2.45, 2.75) is 13.8 Å². The Kier molecular flexibility index (Phi) is 3.50. The Morgan fingerprint density at radius 2 is 2.07 bits per heavy atom. The quantitative estimate of drug-likeness (QED) is 0.610. The zero-order chi connectivity index (χ0) is 11.4. The molecule has 0 atom stereocenters. The molecule has 0 unspecified atom stereocenters. The van der Waals surface area contributed by atoms with Crippen molar-refractivity contribution in [3.8, 4) is 0 Å². The van der Waals surface area contributed by atoms with E-state index in [0.29, 0.717) is 5.56 Å². The van der Waals surface area contributed by atoms with Crippen molar-refractivity contribution >= 4 is 11.5 Å². The molecule has 0 radical (unpaired) electrons. The molecule has 0 fully saturated rings. The van der Waals surface area contributed by atoms with Crippen LogP contribution in [0, 0.1) is 13.8 Å². The predicted molar refractivity (Wildman–Crippen MR) is 58.5 cm³/mol. The molecule has 3 heteroatoms. The molecule has 0 aliphatic heterocycles. The van der Waals surface area contributed by atoms with Gasteiger partial charge in [-0.3, -0.25) is 0 Å². The van der Waals surface area contributed by atoms with Gasteiger partial charge in [0.25, 0.3) is 0 Å². The number of aryl methyl sites for hydroxylation is 2. The third kappa shape index (κ3) is 2.59. The molecule has 0 spiro atoms. The van der Waals surface area contributed by atoms with Gasteiger partial charge in [0.15, 0.2) is 0 Å². The van der Waals surface area contributed by atoms with Gasteiger partial charge in [-0.05, 0) is 25.0 Å². The van der Waals surface area contributed by atoms with E-state index in [1.807, 2.05) is 32.0 Å². The number of carboxylic acid groups (broad SMARTS) is 1. The summed E-state index contributed by atoms with van der Waals surface area (Å²) < 4.78 is 4.77. The fourth-order valence-corrected chi connectivity index (χ4v) is 1.37. The second-order valence-corrected chi connectivity index (χ2v) is 3.39. The minimum absolute atomic E-state index is 0.179. The van der Waals surface area contributed by atoms with E-state index >= 15 is 0 Å². The van der Waals surface area contributed by atoms with Gasteiger partial charge in [-0.2, -0.15) is 0 Å². The second-order valence-electron chi connectivity index (χ2n) is 3.39. The van der Waals surface area contributed by atoms with E-state index in [-0.39, 0.29) is 5.57 Å². The van der Waals surface area contributed by atoms with E-state index in [2.05, 4.69) is 0 Å². The molecule has 1 aromatic carbocycles. The van der Waals surface area contributed by atoms with Gasteiger partial charge in [0.1, 0.15) is 5.57 Å². The van der Waals surface area contributed by atoms with Crippen LogP contribution in [0.15, 0.2) is 24.5 Å². The number of carboxylic acids is 1. The summed E-state index contributed by atoms with van der Waals surface area (Å²) in [6, 6.07) is 5.69. The van der Waals surface area contributed by atoms with Crippen molar-refractivity contribution in [1.82, 2.24) is 0 Å². The average molecular weight is 206 g/mol. The Morgan fingerprint density at radius 3 is 2.60 bits per heavy atom. The van der Waals surface area contributed by atoms with Crippen LogP contribution in [0.2, 0.25) is 0 Å². The maximum absolute atomic E-state index is 11.0. The summed E-state index contributed by atoms with van der Waals surface area (Å²) in [7, 11) is 1.44. The molecule has 1 aromatic rings. The number of aliphatic carboxylic acids is 1. The molecule has 0 saturated heterocycles. The first-order valence-electron chi connectivity index (χ1n) is 4.60. The average Bonchev–Trinajstić information content (AvgIpc) is 2.18. The highest BCUT2D eigenvalue weighted by Crippen LogP contribution is 2.20. The van der Waals surface area contributed by atoms with Crippen LogP contribution < -0.4 is 0 Å². The Bertz CT molecular complexity index is 405. The summed E-state index contributed by atoms with van der Waals surface area (Å²) in [5.41, 5.74) is 2.83. The molecule has 15 heavy (non-hydrogen) atoms. The predicted octanol–water partition coefficient (Wildman–Crippen LogP) is 2.38. The Labute approximate surface area is 89.0 Å². The fourth-order valence-electron chi connectivity index (χ4n) is 1.37. The van der Waals surface area contributed by atoms with Gasteiger partial charge in [-0.1, -0.05) is 23.8 Å². The Balaban J connectivity index is 3.28. The van der Waals surface area contributed by atoms with Gasteiger partial charge < -0.3 is 9.84 Å². The number of rotatable bonds is 3. The van der Waals surface area contributed by atoms with Crippen molar-refractivity contribution in [2.75, 3.05) is 7.11 Å². The van der Waals surface area contributed by atoms with Crippen molar-refractivity contribution < 1.29 is 14.6 Å². The van der Waals surface area contributed by atoms with E-state index < -0.39 is 5.97 Å². The van der Waals surface area contributed by atoms with Crippen LogP contribution in [0.25, 0.3) is 5.57 Å². The molecular weight excluding hydrogens is 192 g/mol. The largest absolute Gasteiger partial charge is 0.503 e. The molecular formula is C12H14O3. The SMILES string of the molecule is COC=C(C(=O)O)c1cc(C)ccc1C. The normalized spacial score (nSPS) is 11.3. The lowest BCUT2D eigenvalue weighted by Gasteiger charge is -2.07. The van der Waals surface area contributed by atoms with E-state index in [9.17, 15) is 4.79 Å². The number of carbonyl (C=O) groups is 1. The second kappa shape index (κ2) is 4.64. The van der Waals surface area contributed by atoms with E-state index in [1.54, 1.807) is 0 Å². The number of methoxy groups -OCH3 is 1. The summed E-state index contributed by atoms with van der Waals surface area (Å²) in [6.07, 6.45) is 1.25. The van der Waals surface area contributed by atoms with Gasteiger partial charge in [-0.15, -0.1) is 0 Å². The van der Waals surface area contributed by atoms with Crippen LogP contribution in [0.1, 0.15) is 16.7 Å². The summed E-state index contributed by atoms with van der Waals surface area (Å²) in [5.74, 6) is -0.981. The van der Waals surface area contributed by atoms with Crippen LogP contribution in [-0.2, 0) is 9.53 Å². The van der Waals surface area contributed by atoms with Gasteiger partial charge >= 0.3 is 5.97 Å². The standard InChI is InChI=1S/C12H14O3/c1-8-4-5-9(2)10(6-8)11(7-15-3)12(13)14/h4-7H,1-3H3,(H,13,14). The summed E-state index contributed by atoms with van der Waals surface area (Å²) in [5, 5.41) is 9.02. The monoisotopic (exact) mass is 206 g/mol. The van der Waals surface area contributed by atoms with Crippen molar-refractivity contribution in [1.29, 1.82) is 0 Å². The lowest BCUT2D eigenvalue weighted by molar-refractivity contribution is -0.130. The first kappa shape index (κ1) is 11.3. The molecule has 1 N–H and O–H groups in total. The highest BCUT2D eigenvalue weighted by atomic mass is 16.5. The highest BCUT2D eigenvalue weighted by Gasteiger charge is 2.13. The summed E-state index contributed by atoms with van der Waals surface area (Å²) >= 11 is 0. The smallest absolute Gasteiger partial charge is 0.339 e. The highest BCUT2D eigenvalue weighted by molar-refractivity contribution is 6.15. The molecule has 0 amide bonds. The molecule has 80 valence electrons. The number of ether oxygens (including phenoxy) is 1. The zero-order valence-electron chi connectivity index (χ0n) is 9.07. The number of hydrogen-bond donors (Lipinski definition) is 1. The van der Waals surface area contributed by atoms with Crippen LogP contribution in [0.3, 0.4) is 0 Å². The third-order valence-corrected chi connectivity index (χ3v) is 2.15. The van der Waals surface area contributed by atoms with Crippen LogP contribution in [0.4, 0.5) is 0 Å². The van der Waals surface area contributed by atoms with Crippen molar-refractivity contribution in [3.63, 3.8) is 0 Å². The molecule has 3 nitrogen and oxygen atoms in total. The molecule has 0 aromatic heterocycles. The topological polar surface area (TPSA) is 46.5 Å². The van der Waals surface area contributed by atoms with Crippen LogP contribution in [-0.4, -0.2) is 18.2 Å². The molecule has 0 aliphatic carbocycles. The van der Waals surface area contributed by atoms with Crippen LogP contribution >= 0.6 is 0 Å². The first-order chi connectivity index (χ1) is 7.06. The Hall–Kier alpha value is -1.77. The minimum Gasteiger partial charge on any atom is -0.503 e. The fraction of sp³-hybridized carbons (Fsp3) is 0.250. The third-order valence-electron chi connectivity index (χ3n) is 2.15. The first-order valence-corrected chi connectivity index (χ1v) is 4.60. The lowest BCUT2D eigenvalue weighted by Crippen LogP contribution is -2.02. The Morgan fingerprint density at radius 1 is 1.40 bits per heavy atom.